The molecule has 4 nitrogen and oxygen atoms in total. The summed E-state index contributed by atoms with van der Waals surface area (Å²) in [4.78, 5) is 11.8. The maximum atomic E-state index is 5.54. The van der Waals surface area contributed by atoms with Crippen molar-refractivity contribution in [2.24, 2.45) is 0 Å². The molecule has 0 unspecified atom stereocenters. The lowest BCUT2D eigenvalue weighted by Crippen LogP contribution is -1.94. The first-order valence-electron chi connectivity index (χ1n) is 3.52. The molecule has 0 radical (unpaired) electrons. The second-order valence-corrected chi connectivity index (χ2v) is 2.13. The highest BCUT2D eigenvalue weighted by Crippen LogP contribution is 2.10. The van der Waals surface area contributed by atoms with Crippen LogP contribution in [-0.2, 0) is 0 Å². The van der Waals surface area contributed by atoms with Gasteiger partial charge in [0.2, 0.25) is 0 Å². The zero-order valence-corrected chi connectivity index (χ0v) is 6.88. The zero-order chi connectivity index (χ0) is 9.68. The number of rotatable bonds is 0. The van der Waals surface area contributed by atoms with E-state index in [-0.39, 0.29) is 0 Å². The lowest BCUT2D eigenvalue weighted by atomic mass is 10.3. The highest BCUT2D eigenvalue weighted by Gasteiger charge is 1.97. The van der Waals surface area contributed by atoms with Gasteiger partial charge >= 0.3 is 0 Å². The van der Waals surface area contributed by atoms with Crippen LogP contribution < -0.4 is 5.73 Å². The Morgan fingerprint density at radius 2 is 1.92 bits per heavy atom. The molecular formula is C9H8N4. The second kappa shape index (κ2) is 4.02. The normalized spacial score (nSPS) is 8.77. The molecule has 0 atom stereocenters. The van der Waals surface area contributed by atoms with E-state index in [4.69, 9.17) is 5.73 Å². The Morgan fingerprint density at radius 1 is 1.15 bits per heavy atom. The third-order valence-corrected chi connectivity index (χ3v) is 1.42. The minimum atomic E-state index is 0.426. The molecule has 0 amide bonds. The van der Waals surface area contributed by atoms with E-state index in [1.807, 2.05) is 12.1 Å². The van der Waals surface area contributed by atoms with Gasteiger partial charge in [-0.2, -0.15) is 0 Å². The fourth-order valence-electron chi connectivity index (χ4n) is 0.913. The molecule has 0 aromatic carbocycles. The minimum Gasteiger partial charge on any atom is -0.382 e. The molecular weight excluding hydrogens is 164 g/mol. The van der Waals surface area contributed by atoms with Crippen LogP contribution in [0.3, 0.4) is 0 Å². The van der Waals surface area contributed by atoms with E-state index in [1.54, 1.807) is 6.20 Å². The minimum absolute atomic E-state index is 0.426. The second-order valence-electron chi connectivity index (χ2n) is 2.13. The summed E-state index contributed by atoms with van der Waals surface area (Å²) in [6, 6.07) is 3.66. The van der Waals surface area contributed by atoms with Crippen LogP contribution in [0.25, 0.3) is 11.0 Å². The van der Waals surface area contributed by atoms with E-state index in [1.165, 1.54) is 6.33 Å². The van der Waals surface area contributed by atoms with Gasteiger partial charge in [-0.3, -0.25) is 4.98 Å². The zero-order valence-electron chi connectivity index (χ0n) is 6.88. The van der Waals surface area contributed by atoms with Gasteiger partial charge in [-0.25, -0.2) is 9.97 Å². The summed E-state index contributed by atoms with van der Waals surface area (Å²) in [5.41, 5.74) is 6.98. The number of nitrogen functional groups attached to an aromatic ring is 1. The highest BCUT2D eigenvalue weighted by atomic mass is 14.9. The lowest BCUT2D eigenvalue weighted by molar-refractivity contribution is 1.20. The van der Waals surface area contributed by atoms with Crippen LogP contribution in [0.5, 0.6) is 0 Å². The van der Waals surface area contributed by atoms with Crippen molar-refractivity contribution in [2.45, 2.75) is 0 Å². The van der Waals surface area contributed by atoms with E-state index in [0.717, 1.165) is 5.52 Å². The molecule has 0 aliphatic carbocycles. The fourth-order valence-corrected chi connectivity index (χ4v) is 0.913. The smallest absolute Gasteiger partial charge is 0.153 e. The molecule has 0 aliphatic rings. The van der Waals surface area contributed by atoms with Crippen LogP contribution in [0, 0.1) is 12.8 Å². The third kappa shape index (κ3) is 1.71. The van der Waals surface area contributed by atoms with Crippen molar-refractivity contribution in [3.8, 4) is 12.8 Å². The number of hydrogen-bond donors (Lipinski definition) is 1. The number of nitrogens with zero attached hydrogens (tertiary/aromatic N) is 3. The van der Waals surface area contributed by atoms with Crippen molar-refractivity contribution in [3.05, 3.63) is 24.7 Å². The van der Waals surface area contributed by atoms with Crippen LogP contribution in [0.15, 0.2) is 24.7 Å². The number of terminal acetylenes is 1. The molecule has 2 N–H and O–H groups in total. The molecule has 0 saturated carbocycles. The van der Waals surface area contributed by atoms with Gasteiger partial charge in [0.05, 0.1) is 5.52 Å². The van der Waals surface area contributed by atoms with Gasteiger partial charge in [0.1, 0.15) is 11.8 Å². The Hall–Kier alpha value is -2.15. The van der Waals surface area contributed by atoms with Gasteiger partial charge < -0.3 is 5.73 Å². The Balaban J connectivity index is 0.000000396. The predicted octanol–water partition coefficient (Wildman–Crippen LogP) is 0.856. The Labute approximate surface area is 75.8 Å². The van der Waals surface area contributed by atoms with Crippen LogP contribution in [0.4, 0.5) is 5.82 Å². The van der Waals surface area contributed by atoms with Gasteiger partial charge in [0.25, 0.3) is 0 Å². The molecule has 0 bridgehead atoms. The number of fused-ring (bicyclic) bond motifs is 1. The summed E-state index contributed by atoms with van der Waals surface area (Å²) in [5, 5.41) is 0. The van der Waals surface area contributed by atoms with Crippen molar-refractivity contribution >= 4 is 16.9 Å². The maximum absolute atomic E-state index is 5.54. The van der Waals surface area contributed by atoms with Crippen molar-refractivity contribution in [2.75, 3.05) is 5.73 Å². The predicted molar refractivity (Wildman–Crippen MR) is 51.6 cm³/mol. The molecule has 2 aromatic rings. The van der Waals surface area contributed by atoms with Gasteiger partial charge in [-0.15, -0.1) is 12.8 Å². The van der Waals surface area contributed by atoms with Crippen molar-refractivity contribution < 1.29 is 0 Å². The first kappa shape index (κ1) is 8.94. The summed E-state index contributed by atoms with van der Waals surface area (Å²) in [6.07, 6.45) is 11.1. The van der Waals surface area contributed by atoms with E-state index in [2.05, 4.69) is 27.8 Å². The molecule has 0 aliphatic heterocycles. The number of nitrogens with two attached hydrogens (primary N) is 1. The fraction of sp³-hybridized carbons (Fsp3) is 0. The third-order valence-electron chi connectivity index (χ3n) is 1.42. The van der Waals surface area contributed by atoms with E-state index in [9.17, 15) is 0 Å². The molecule has 13 heavy (non-hydrogen) atoms. The highest BCUT2D eigenvalue weighted by molar-refractivity contribution is 5.82. The average Bonchev–Trinajstić information content (AvgIpc) is 2.22. The molecule has 64 valence electrons. The van der Waals surface area contributed by atoms with Gasteiger partial charge in [-0.05, 0) is 12.1 Å². The molecule has 4 heteroatoms. The standard InChI is InChI=1S/C7H6N4.C2H2/c8-7-6-5(10-4-11-7)2-1-3-9-6;1-2/h1-4H,(H2,8,10,11);1-2H. The number of pyridine rings is 1. The van der Waals surface area contributed by atoms with Gasteiger partial charge in [0, 0.05) is 6.20 Å². The van der Waals surface area contributed by atoms with Gasteiger partial charge in [-0.1, -0.05) is 0 Å². The van der Waals surface area contributed by atoms with E-state index in [0.29, 0.717) is 11.3 Å². The largest absolute Gasteiger partial charge is 0.382 e. The summed E-state index contributed by atoms with van der Waals surface area (Å²) in [6.45, 7) is 0. The van der Waals surface area contributed by atoms with Crippen molar-refractivity contribution in [1.82, 2.24) is 15.0 Å². The summed E-state index contributed by atoms with van der Waals surface area (Å²) >= 11 is 0. The first-order chi connectivity index (χ1) is 6.38. The first-order valence-corrected chi connectivity index (χ1v) is 3.52. The molecule has 0 spiro atoms. The van der Waals surface area contributed by atoms with Crippen molar-refractivity contribution in [1.29, 1.82) is 0 Å². The number of aromatic nitrogens is 3. The molecule has 2 aromatic heterocycles. The summed E-state index contributed by atoms with van der Waals surface area (Å²) in [5.74, 6) is 0.426. The maximum Gasteiger partial charge on any atom is 0.153 e. The quantitative estimate of drug-likeness (QED) is 0.598. The number of hydrogen-bond acceptors (Lipinski definition) is 4. The number of anilines is 1. The SMILES string of the molecule is C#C.Nc1ncnc2cccnc12. The molecule has 0 fully saturated rings. The van der Waals surface area contributed by atoms with E-state index >= 15 is 0 Å². The molecule has 0 saturated heterocycles. The van der Waals surface area contributed by atoms with Crippen LogP contribution in [-0.4, -0.2) is 15.0 Å². The topological polar surface area (TPSA) is 64.7 Å². The lowest BCUT2D eigenvalue weighted by Gasteiger charge is -1.95. The van der Waals surface area contributed by atoms with Crippen LogP contribution >= 0.6 is 0 Å². The molecule has 2 rings (SSSR count). The van der Waals surface area contributed by atoms with E-state index < -0.39 is 0 Å². The Kier molecular flexibility index (Phi) is 2.77. The average molecular weight is 172 g/mol. The van der Waals surface area contributed by atoms with Gasteiger partial charge in [0.15, 0.2) is 5.82 Å². The van der Waals surface area contributed by atoms with Crippen LogP contribution in [0.1, 0.15) is 0 Å². The monoisotopic (exact) mass is 172 g/mol. The summed E-state index contributed by atoms with van der Waals surface area (Å²) in [7, 11) is 0. The Morgan fingerprint density at radius 3 is 2.62 bits per heavy atom. The Bertz CT molecular complexity index is 417. The van der Waals surface area contributed by atoms with Crippen LogP contribution in [0.2, 0.25) is 0 Å². The molecule has 2 heterocycles. The summed E-state index contributed by atoms with van der Waals surface area (Å²) < 4.78 is 0. The van der Waals surface area contributed by atoms with Crippen molar-refractivity contribution in [3.63, 3.8) is 0 Å².